The van der Waals surface area contributed by atoms with Gasteiger partial charge >= 0.3 is 6.03 Å². The first-order valence-electron chi connectivity index (χ1n) is 9.75. The van der Waals surface area contributed by atoms with Crippen molar-refractivity contribution in [2.75, 3.05) is 11.9 Å². The summed E-state index contributed by atoms with van der Waals surface area (Å²) < 4.78 is 6.07. The quantitative estimate of drug-likeness (QED) is 0.863. The molecule has 8 nitrogen and oxygen atoms in total. The largest absolute Gasteiger partial charge is 0.373 e. The van der Waals surface area contributed by atoms with Crippen LogP contribution in [0, 0.1) is 0 Å². The van der Waals surface area contributed by atoms with Crippen molar-refractivity contribution in [3.8, 4) is 11.4 Å². The molecule has 1 saturated heterocycles. The summed E-state index contributed by atoms with van der Waals surface area (Å²) in [6.07, 6.45) is 6.87. The summed E-state index contributed by atoms with van der Waals surface area (Å²) in [4.78, 5) is 13.9. The summed E-state index contributed by atoms with van der Waals surface area (Å²) in [5, 5.41) is 18.3. The van der Waals surface area contributed by atoms with Crippen molar-refractivity contribution in [1.82, 2.24) is 25.5 Å². The van der Waals surface area contributed by atoms with E-state index in [1.54, 1.807) is 0 Å². The van der Waals surface area contributed by atoms with Gasteiger partial charge in [-0.2, -0.15) is 4.80 Å². The number of carbonyl (C=O) groups excluding carboxylic acids is 1. The zero-order chi connectivity index (χ0) is 18.7. The molecule has 2 N–H and O–H groups in total. The van der Waals surface area contributed by atoms with Crippen LogP contribution in [0.5, 0.6) is 0 Å². The van der Waals surface area contributed by atoms with E-state index in [1.807, 2.05) is 31.2 Å². The summed E-state index contributed by atoms with van der Waals surface area (Å²) in [5.74, 6) is 0.546. The maximum atomic E-state index is 12.4. The Morgan fingerprint density at radius 3 is 2.96 bits per heavy atom. The summed E-state index contributed by atoms with van der Waals surface area (Å²) in [6, 6.07) is 7.33. The molecule has 1 saturated carbocycles. The number of carbonyl (C=O) groups is 1. The molecule has 2 fully saturated rings. The van der Waals surface area contributed by atoms with Gasteiger partial charge in [-0.3, -0.25) is 0 Å². The number of nitrogens with zero attached hydrogens (tertiary/aromatic N) is 4. The second kappa shape index (κ2) is 7.64. The van der Waals surface area contributed by atoms with Gasteiger partial charge in [-0.25, -0.2) is 4.79 Å². The lowest BCUT2D eigenvalue weighted by molar-refractivity contribution is -0.0245. The van der Waals surface area contributed by atoms with Gasteiger partial charge in [0.25, 0.3) is 0 Å². The van der Waals surface area contributed by atoms with E-state index in [4.69, 9.17) is 4.74 Å². The molecule has 1 aliphatic carbocycles. The second-order valence-electron chi connectivity index (χ2n) is 7.44. The molecule has 2 aliphatic rings. The van der Waals surface area contributed by atoms with E-state index in [0.717, 1.165) is 24.8 Å². The summed E-state index contributed by atoms with van der Waals surface area (Å²) in [5.41, 5.74) is 1.51. The Bertz CT molecular complexity index is 799. The average molecular weight is 370 g/mol. The molecule has 0 bridgehead atoms. The van der Waals surface area contributed by atoms with Crippen LogP contribution in [0.2, 0.25) is 0 Å². The lowest BCUT2D eigenvalue weighted by Gasteiger charge is -2.32. The number of urea groups is 1. The van der Waals surface area contributed by atoms with E-state index in [-0.39, 0.29) is 17.7 Å². The highest BCUT2D eigenvalue weighted by Crippen LogP contribution is 2.39. The predicted octanol–water partition coefficient (Wildman–Crippen LogP) is 2.97. The number of aromatic nitrogens is 4. The van der Waals surface area contributed by atoms with Gasteiger partial charge < -0.3 is 15.4 Å². The number of hydrogen-bond acceptors (Lipinski definition) is 5. The van der Waals surface area contributed by atoms with E-state index in [2.05, 4.69) is 26.0 Å². The molecule has 1 aromatic carbocycles. The zero-order valence-electron chi connectivity index (χ0n) is 15.6. The molecule has 1 spiro atoms. The minimum atomic E-state index is -0.209. The number of tetrazole rings is 1. The van der Waals surface area contributed by atoms with E-state index in [9.17, 15) is 4.79 Å². The van der Waals surface area contributed by atoms with Gasteiger partial charge in [-0.15, -0.1) is 10.2 Å². The lowest BCUT2D eigenvalue weighted by Crippen LogP contribution is -2.39. The molecule has 4 rings (SSSR count). The minimum absolute atomic E-state index is 0.00706. The van der Waals surface area contributed by atoms with Crippen molar-refractivity contribution < 1.29 is 9.53 Å². The monoisotopic (exact) mass is 370 g/mol. The van der Waals surface area contributed by atoms with Gasteiger partial charge in [0.1, 0.15) is 0 Å². The third-order valence-corrected chi connectivity index (χ3v) is 5.42. The summed E-state index contributed by atoms with van der Waals surface area (Å²) in [6.45, 7) is 3.22. The Morgan fingerprint density at radius 2 is 2.19 bits per heavy atom. The fourth-order valence-electron chi connectivity index (χ4n) is 4.06. The first kappa shape index (κ1) is 17.9. The van der Waals surface area contributed by atoms with Gasteiger partial charge in [0.2, 0.25) is 5.82 Å². The molecule has 0 unspecified atom stereocenters. The van der Waals surface area contributed by atoms with E-state index < -0.39 is 0 Å². The molecule has 27 heavy (non-hydrogen) atoms. The number of amides is 2. The normalized spacial score (nSPS) is 21.3. The van der Waals surface area contributed by atoms with Crippen molar-refractivity contribution in [3.05, 3.63) is 24.3 Å². The average Bonchev–Trinajstić information content (AvgIpc) is 3.30. The SMILES string of the molecule is CCn1nnc(-c2cccc(NC(=O)N[C@H]3COC4(CCCCC4)C3)c2)n1. The van der Waals surface area contributed by atoms with Gasteiger partial charge in [0.15, 0.2) is 0 Å². The lowest BCUT2D eigenvalue weighted by atomic mass is 9.82. The molecule has 1 aliphatic heterocycles. The van der Waals surface area contributed by atoms with Crippen LogP contribution in [0.15, 0.2) is 24.3 Å². The van der Waals surface area contributed by atoms with E-state index >= 15 is 0 Å². The molecular weight excluding hydrogens is 344 g/mol. The van der Waals surface area contributed by atoms with Crippen LogP contribution in [0.4, 0.5) is 10.5 Å². The fourth-order valence-corrected chi connectivity index (χ4v) is 4.06. The predicted molar refractivity (Wildman–Crippen MR) is 101 cm³/mol. The van der Waals surface area contributed by atoms with Crippen LogP contribution >= 0.6 is 0 Å². The second-order valence-corrected chi connectivity index (χ2v) is 7.44. The highest BCUT2D eigenvalue weighted by Gasteiger charge is 2.41. The van der Waals surface area contributed by atoms with Gasteiger partial charge in [0.05, 0.1) is 24.8 Å². The fraction of sp³-hybridized carbons (Fsp3) is 0.579. The number of aryl methyl sites for hydroxylation is 1. The Labute approximate surface area is 158 Å². The number of benzene rings is 1. The zero-order valence-corrected chi connectivity index (χ0v) is 15.6. The van der Waals surface area contributed by atoms with Crippen molar-refractivity contribution in [1.29, 1.82) is 0 Å². The standard InChI is InChI=1S/C19H26N6O2/c1-2-25-23-17(22-24-25)14-7-6-8-15(11-14)20-18(26)21-16-12-19(27-13-16)9-4-3-5-10-19/h6-8,11,16H,2-5,9-10,12-13H2,1H3,(H2,20,21,26)/t16-/m1/s1. The maximum Gasteiger partial charge on any atom is 0.319 e. The molecule has 2 heterocycles. The maximum absolute atomic E-state index is 12.4. The number of nitrogens with one attached hydrogen (secondary N) is 2. The first-order valence-corrected chi connectivity index (χ1v) is 9.75. The topological polar surface area (TPSA) is 94.0 Å². The number of ether oxygens (including phenoxy) is 1. The highest BCUT2D eigenvalue weighted by atomic mass is 16.5. The van der Waals surface area contributed by atoms with Gasteiger partial charge in [-0.1, -0.05) is 31.4 Å². The number of rotatable bonds is 4. The van der Waals surface area contributed by atoms with Crippen LogP contribution in [-0.4, -0.2) is 44.5 Å². The Morgan fingerprint density at radius 1 is 1.33 bits per heavy atom. The third-order valence-electron chi connectivity index (χ3n) is 5.42. The van der Waals surface area contributed by atoms with Crippen LogP contribution in [-0.2, 0) is 11.3 Å². The third kappa shape index (κ3) is 4.10. The molecule has 144 valence electrons. The first-order chi connectivity index (χ1) is 13.2. The molecule has 0 radical (unpaired) electrons. The van der Waals surface area contributed by atoms with Crippen molar-refractivity contribution >= 4 is 11.7 Å². The van der Waals surface area contributed by atoms with Crippen molar-refractivity contribution in [2.45, 2.75) is 63.6 Å². The number of hydrogen-bond donors (Lipinski definition) is 2. The van der Waals surface area contributed by atoms with Crippen LogP contribution in [0.1, 0.15) is 45.4 Å². The van der Waals surface area contributed by atoms with Gasteiger partial charge in [0, 0.05) is 11.3 Å². The highest BCUT2D eigenvalue weighted by molar-refractivity contribution is 5.90. The smallest absolute Gasteiger partial charge is 0.319 e. The molecule has 2 amide bonds. The van der Waals surface area contributed by atoms with Crippen molar-refractivity contribution in [2.24, 2.45) is 0 Å². The van der Waals surface area contributed by atoms with Crippen LogP contribution in [0.25, 0.3) is 11.4 Å². The Hall–Kier alpha value is -2.48. The molecule has 1 aromatic heterocycles. The Kier molecular flexibility index (Phi) is 5.07. The molecule has 1 atom stereocenters. The van der Waals surface area contributed by atoms with E-state index in [0.29, 0.717) is 24.7 Å². The minimum Gasteiger partial charge on any atom is -0.373 e. The molecule has 2 aromatic rings. The van der Waals surface area contributed by atoms with E-state index in [1.165, 1.54) is 24.1 Å². The van der Waals surface area contributed by atoms with Crippen LogP contribution < -0.4 is 10.6 Å². The Balaban J connectivity index is 1.35. The van der Waals surface area contributed by atoms with Gasteiger partial charge in [-0.05, 0) is 43.5 Å². The van der Waals surface area contributed by atoms with Crippen LogP contribution in [0.3, 0.4) is 0 Å². The molecular formula is C19H26N6O2. The number of anilines is 1. The summed E-state index contributed by atoms with van der Waals surface area (Å²) in [7, 11) is 0. The summed E-state index contributed by atoms with van der Waals surface area (Å²) >= 11 is 0. The molecule has 8 heteroatoms. The van der Waals surface area contributed by atoms with Crippen molar-refractivity contribution in [3.63, 3.8) is 0 Å².